The van der Waals surface area contributed by atoms with Gasteiger partial charge in [0, 0.05) is 31.6 Å². The van der Waals surface area contributed by atoms with Crippen molar-refractivity contribution in [1.29, 1.82) is 5.26 Å². The van der Waals surface area contributed by atoms with Gasteiger partial charge in [-0.15, -0.1) is 0 Å². The summed E-state index contributed by atoms with van der Waals surface area (Å²) in [6.07, 6.45) is 4.51. The molecule has 0 saturated carbocycles. The first-order chi connectivity index (χ1) is 13.7. The zero-order valence-corrected chi connectivity index (χ0v) is 15.7. The highest BCUT2D eigenvalue weighted by Crippen LogP contribution is 2.18. The van der Waals surface area contributed by atoms with E-state index < -0.39 is 0 Å². The number of piperidine rings is 1. The molecule has 0 atom stereocenters. The number of benzene rings is 2. The lowest BCUT2D eigenvalue weighted by Crippen LogP contribution is -2.42. The van der Waals surface area contributed by atoms with Crippen LogP contribution >= 0.6 is 0 Å². The summed E-state index contributed by atoms with van der Waals surface area (Å²) in [7, 11) is 0. The molecule has 3 rings (SSSR count). The van der Waals surface area contributed by atoms with Crippen molar-refractivity contribution in [2.24, 2.45) is 5.92 Å². The zero-order valence-electron chi connectivity index (χ0n) is 15.7. The van der Waals surface area contributed by atoms with E-state index >= 15 is 0 Å². The van der Waals surface area contributed by atoms with Crippen LogP contribution in [0.3, 0.4) is 0 Å². The van der Waals surface area contributed by atoms with Crippen LogP contribution in [0.5, 0.6) is 0 Å². The van der Waals surface area contributed by atoms with E-state index in [2.05, 4.69) is 11.4 Å². The summed E-state index contributed by atoms with van der Waals surface area (Å²) in [5, 5.41) is 12.1. The minimum atomic E-state index is -0.0871. The average Bonchev–Trinajstić information content (AvgIpc) is 2.76. The van der Waals surface area contributed by atoms with E-state index in [0.717, 1.165) is 11.1 Å². The topological polar surface area (TPSA) is 73.2 Å². The van der Waals surface area contributed by atoms with Crippen LogP contribution in [0.4, 0.5) is 0 Å². The van der Waals surface area contributed by atoms with Gasteiger partial charge in [-0.1, -0.05) is 48.5 Å². The van der Waals surface area contributed by atoms with Crippen LogP contribution in [0.2, 0.25) is 0 Å². The average molecular weight is 373 g/mol. The molecule has 0 unspecified atom stereocenters. The number of nitrogens with one attached hydrogen (secondary N) is 1. The van der Waals surface area contributed by atoms with Gasteiger partial charge in [-0.3, -0.25) is 9.59 Å². The molecule has 2 aromatic rings. The van der Waals surface area contributed by atoms with Crippen LogP contribution in [0.15, 0.2) is 60.7 Å². The third-order valence-corrected chi connectivity index (χ3v) is 4.97. The van der Waals surface area contributed by atoms with Crippen LogP contribution < -0.4 is 5.32 Å². The van der Waals surface area contributed by atoms with Crippen molar-refractivity contribution in [3.8, 4) is 6.07 Å². The summed E-state index contributed by atoms with van der Waals surface area (Å²) in [5.41, 5.74) is 2.35. The van der Waals surface area contributed by atoms with Crippen LogP contribution in [0.1, 0.15) is 29.5 Å². The fourth-order valence-electron chi connectivity index (χ4n) is 3.30. The number of likely N-dealkylation sites (tertiary alicyclic amines) is 1. The number of hydrogen-bond acceptors (Lipinski definition) is 3. The molecule has 0 aliphatic carbocycles. The minimum absolute atomic E-state index is 0.0504. The summed E-state index contributed by atoms with van der Waals surface area (Å²) >= 11 is 0. The first-order valence-corrected chi connectivity index (χ1v) is 9.45. The SMILES string of the molecule is N#Cc1ccccc1C=CC(=O)N1CCC(C(=O)NCc2ccccc2)CC1. The number of carbonyl (C=O) groups is 2. The van der Waals surface area contributed by atoms with E-state index in [-0.39, 0.29) is 17.7 Å². The van der Waals surface area contributed by atoms with E-state index in [4.69, 9.17) is 5.26 Å². The number of amides is 2. The Labute approximate surface area is 165 Å². The van der Waals surface area contributed by atoms with Gasteiger partial charge < -0.3 is 10.2 Å². The number of carbonyl (C=O) groups excluding carboxylic acids is 2. The molecule has 2 aromatic carbocycles. The van der Waals surface area contributed by atoms with E-state index in [1.165, 1.54) is 6.08 Å². The monoisotopic (exact) mass is 373 g/mol. The molecule has 1 saturated heterocycles. The molecule has 28 heavy (non-hydrogen) atoms. The lowest BCUT2D eigenvalue weighted by molar-refractivity contribution is -0.132. The van der Waals surface area contributed by atoms with Crippen molar-refractivity contribution in [1.82, 2.24) is 10.2 Å². The number of rotatable bonds is 5. The van der Waals surface area contributed by atoms with Gasteiger partial charge >= 0.3 is 0 Å². The van der Waals surface area contributed by atoms with E-state index in [1.54, 1.807) is 23.1 Å². The first kappa shape index (κ1) is 19.4. The minimum Gasteiger partial charge on any atom is -0.352 e. The van der Waals surface area contributed by atoms with Gasteiger partial charge in [0.15, 0.2) is 0 Å². The summed E-state index contributed by atoms with van der Waals surface area (Å²) in [6.45, 7) is 1.65. The quantitative estimate of drug-likeness (QED) is 0.819. The Hall–Kier alpha value is -3.39. The summed E-state index contributed by atoms with van der Waals surface area (Å²) in [5.74, 6) is -0.0959. The molecule has 1 aliphatic rings. The molecule has 0 bridgehead atoms. The first-order valence-electron chi connectivity index (χ1n) is 9.45. The Morgan fingerprint density at radius 3 is 2.46 bits per heavy atom. The van der Waals surface area contributed by atoms with Gasteiger partial charge in [-0.25, -0.2) is 0 Å². The maximum atomic E-state index is 12.4. The standard InChI is InChI=1S/C23H23N3O2/c24-16-21-9-5-4-8-19(21)10-11-22(27)26-14-12-20(13-15-26)23(28)25-17-18-6-2-1-3-7-18/h1-11,20H,12-15,17H2,(H,25,28). The number of nitriles is 1. The molecule has 5 heteroatoms. The summed E-state index contributed by atoms with van der Waals surface area (Å²) in [4.78, 5) is 26.5. The molecular formula is C23H23N3O2. The smallest absolute Gasteiger partial charge is 0.246 e. The molecule has 0 radical (unpaired) electrons. The van der Waals surface area contributed by atoms with E-state index in [1.807, 2.05) is 42.5 Å². The van der Waals surface area contributed by atoms with Crippen molar-refractivity contribution in [3.63, 3.8) is 0 Å². The van der Waals surface area contributed by atoms with Crippen molar-refractivity contribution in [2.75, 3.05) is 13.1 Å². The van der Waals surface area contributed by atoms with Crippen LogP contribution in [-0.2, 0) is 16.1 Å². The second-order valence-corrected chi connectivity index (χ2v) is 6.84. The molecule has 1 heterocycles. The zero-order chi connectivity index (χ0) is 19.8. The Morgan fingerprint density at radius 1 is 1.07 bits per heavy atom. The van der Waals surface area contributed by atoms with Crippen molar-refractivity contribution in [3.05, 3.63) is 77.4 Å². The second-order valence-electron chi connectivity index (χ2n) is 6.84. The van der Waals surface area contributed by atoms with Crippen LogP contribution in [-0.4, -0.2) is 29.8 Å². The predicted octanol–water partition coefficient (Wildman–Crippen LogP) is 3.13. The normalized spacial score (nSPS) is 14.6. The molecule has 1 fully saturated rings. The molecule has 1 N–H and O–H groups in total. The van der Waals surface area contributed by atoms with Gasteiger partial charge in [0.1, 0.15) is 0 Å². The fourth-order valence-corrected chi connectivity index (χ4v) is 3.30. The van der Waals surface area contributed by atoms with Gasteiger partial charge in [-0.2, -0.15) is 5.26 Å². The third kappa shape index (κ3) is 5.08. The van der Waals surface area contributed by atoms with E-state index in [0.29, 0.717) is 38.0 Å². The molecule has 0 spiro atoms. The summed E-state index contributed by atoms with van der Waals surface area (Å²) in [6, 6.07) is 19.1. The highest BCUT2D eigenvalue weighted by Gasteiger charge is 2.26. The van der Waals surface area contributed by atoms with Gasteiger partial charge in [0.2, 0.25) is 11.8 Å². The molecule has 0 aromatic heterocycles. The van der Waals surface area contributed by atoms with Crippen molar-refractivity contribution < 1.29 is 9.59 Å². The van der Waals surface area contributed by atoms with E-state index in [9.17, 15) is 9.59 Å². The Bertz CT molecular complexity index is 892. The highest BCUT2D eigenvalue weighted by atomic mass is 16.2. The maximum Gasteiger partial charge on any atom is 0.246 e. The van der Waals surface area contributed by atoms with Crippen LogP contribution in [0, 0.1) is 17.2 Å². The Morgan fingerprint density at radius 2 is 1.75 bits per heavy atom. The molecule has 2 amide bonds. The lowest BCUT2D eigenvalue weighted by Gasteiger charge is -2.30. The van der Waals surface area contributed by atoms with Gasteiger partial charge in [0.25, 0.3) is 0 Å². The van der Waals surface area contributed by atoms with Crippen LogP contribution in [0.25, 0.3) is 6.08 Å². The number of nitrogens with zero attached hydrogens (tertiary/aromatic N) is 2. The Balaban J connectivity index is 1.48. The summed E-state index contributed by atoms with van der Waals surface area (Å²) < 4.78 is 0. The van der Waals surface area contributed by atoms with Gasteiger partial charge in [0.05, 0.1) is 11.6 Å². The molecule has 5 nitrogen and oxygen atoms in total. The van der Waals surface area contributed by atoms with Crippen molar-refractivity contribution in [2.45, 2.75) is 19.4 Å². The third-order valence-electron chi connectivity index (χ3n) is 4.97. The largest absolute Gasteiger partial charge is 0.352 e. The lowest BCUT2D eigenvalue weighted by atomic mass is 9.95. The number of hydrogen-bond donors (Lipinski definition) is 1. The van der Waals surface area contributed by atoms with Crippen molar-refractivity contribution >= 4 is 17.9 Å². The molecular weight excluding hydrogens is 350 g/mol. The second kappa shape index (κ2) is 9.52. The maximum absolute atomic E-state index is 12.4. The molecule has 142 valence electrons. The highest BCUT2D eigenvalue weighted by molar-refractivity contribution is 5.92. The van der Waals surface area contributed by atoms with Gasteiger partial charge in [-0.05, 0) is 36.1 Å². The fraction of sp³-hybridized carbons (Fsp3) is 0.261. The predicted molar refractivity (Wildman–Crippen MR) is 108 cm³/mol. The Kier molecular flexibility index (Phi) is 6.59. The molecule has 1 aliphatic heterocycles.